The maximum atomic E-state index is 13.5. The van der Waals surface area contributed by atoms with E-state index in [0.717, 1.165) is 33.3 Å². The Labute approximate surface area is 191 Å². The molecule has 1 unspecified atom stereocenters. The number of H-pyrrole nitrogens is 1. The van der Waals surface area contributed by atoms with Gasteiger partial charge in [-0.25, -0.2) is 4.79 Å². The maximum absolute atomic E-state index is 13.5. The van der Waals surface area contributed by atoms with Gasteiger partial charge in [-0.1, -0.05) is 48.5 Å². The van der Waals surface area contributed by atoms with E-state index in [1.165, 1.54) is 0 Å². The Morgan fingerprint density at radius 2 is 1.73 bits per heavy atom. The van der Waals surface area contributed by atoms with Gasteiger partial charge in [0, 0.05) is 28.6 Å². The highest BCUT2D eigenvalue weighted by molar-refractivity contribution is 6.04. The predicted octanol–water partition coefficient (Wildman–Crippen LogP) is 5.10. The van der Waals surface area contributed by atoms with Crippen LogP contribution in [0.4, 0.5) is 0 Å². The molecule has 5 rings (SSSR count). The number of nitrogens with one attached hydrogen (secondary N) is 1. The van der Waals surface area contributed by atoms with Crippen molar-refractivity contribution in [1.82, 2.24) is 9.88 Å². The van der Waals surface area contributed by atoms with E-state index in [4.69, 9.17) is 9.47 Å². The number of ether oxygens (including phenoxy) is 2. The topological polar surface area (TPSA) is 71.6 Å². The summed E-state index contributed by atoms with van der Waals surface area (Å²) in [6.07, 6.45) is 0. The number of aromatic nitrogens is 1. The van der Waals surface area contributed by atoms with Crippen LogP contribution in [0.5, 0.6) is 5.75 Å². The lowest BCUT2D eigenvalue weighted by atomic mass is 9.95. The van der Waals surface area contributed by atoms with Crippen LogP contribution >= 0.6 is 0 Å². The van der Waals surface area contributed by atoms with E-state index in [0.29, 0.717) is 17.8 Å². The molecule has 0 radical (unpaired) electrons. The van der Waals surface area contributed by atoms with Crippen LogP contribution in [-0.4, -0.2) is 35.5 Å². The van der Waals surface area contributed by atoms with E-state index >= 15 is 0 Å². The average molecular weight is 440 g/mol. The molecule has 6 heteroatoms. The standard InChI is InChI=1S/C27H24N2O4/c1-3-33-27(31)24-23(21-10-6-7-11-22(21)28-24)25-19-8-4-5-9-20(19)26(30)29(25)16-17-12-14-18(32-2)15-13-17/h4-15,25,28H,3,16H2,1-2H3. The molecule has 1 aromatic heterocycles. The molecule has 166 valence electrons. The van der Waals surface area contributed by atoms with Crippen molar-refractivity contribution in [3.8, 4) is 5.75 Å². The van der Waals surface area contributed by atoms with Crippen LogP contribution in [-0.2, 0) is 11.3 Å². The molecule has 4 aromatic rings. The molecule has 0 bridgehead atoms. The number of nitrogens with zero attached hydrogens (tertiary/aromatic N) is 1. The van der Waals surface area contributed by atoms with Crippen LogP contribution in [0.2, 0.25) is 0 Å². The van der Waals surface area contributed by atoms with Crippen molar-refractivity contribution in [3.63, 3.8) is 0 Å². The molecule has 1 N–H and O–H groups in total. The summed E-state index contributed by atoms with van der Waals surface area (Å²) < 4.78 is 10.6. The van der Waals surface area contributed by atoms with E-state index in [2.05, 4.69) is 4.98 Å². The normalized spacial score (nSPS) is 15.0. The Balaban J connectivity index is 1.68. The van der Waals surface area contributed by atoms with Crippen LogP contribution in [0.1, 0.15) is 50.5 Å². The van der Waals surface area contributed by atoms with Gasteiger partial charge >= 0.3 is 5.97 Å². The van der Waals surface area contributed by atoms with E-state index in [1.807, 2.05) is 77.7 Å². The first-order chi connectivity index (χ1) is 16.1. The number of hydrogen-bond acceptors (Lipinski definition) is 4. The molecule has 0 saturated heterocycles. The van der Waals surface area contributed by atoms with Gasteiger partial charge in [-0.3, -0.25) is 4.79 Å². The van der Waals surface area contributed by atoms with E-state index in [9.17, 15) is 9.59 Å². The molecule has 0 fully saturated rings. The number of esters is 1. The first kappa shape index (κ1) is 20.8. The summed E-state index contributed by atoms with van der Waals surface area (Å²) in [5.74, 6) is 0.268. The van der Waals surface area contributed by atoms with Crippen molar-refractivity contribution in [1.29, 1.82) is 0 Å². The van der Waals surface area contributed by atoms with Crippen LogP contribution in [0.3, 0.4) is 0 Å². The third-order valence-corrected chi connectivity index (χ3v) is 6.07. The van der Waals surface area contributed by atoms with Crippen LogP contribution in [0.25, 0.3) is 10.9 Å². The Morgan fingerprint density at radius 1 is 1.00 bits per heavy atom. The fourth-order valence-electron chi connectivity index (χ4n) is 4.58. The number of amides is 1. The second-order valence-electron chi connectivity index (χ2n) is 7.95. The number of aromatic amines is 1. The number of methoxy groups -OCH3 is 1. The molecule has 33 heavy (non-hydrogen) atoms. The molecule has 0 spiro atoms. The summed E-state index contributed by atoms with van der Waals surface area (Å²) in [5, 5.41) is 0.898. The molecule has 1 atom stereocenters. The first-order valence-corrected chi connectivity index (χ1v) is 10.9. The number of benzene rings is 3. The lowest BCUT2D eigenvalue weighted by molar-refractivity contribution is 0.0514. The average Bonchev–Trinajstić information content (AvgIpc) is 3.35. The zero-order chi connectivity index (χ0) is 22.9. The molecular weight excluding hydrogens is 416 g/mol. The van der Waals surface area contributed by atoms with Gasteiger partial charge in [0.2, 0.25) is 0 Å². The van der Waals surface area contributed by atoms with Gasteiger partial charge in [0.15, 0.2) is 0 Å². The number of rotatable bonds is 6. The summed E-state index contributed by atoms with van der Waals surface area (Å²) in [6, 6.07) is 22.6. The van der Waals surface area contributed by atoms with Crippen LogP contribution in [0.15, 0.2) is 72.8 Å². The van der Waals surface area contributed by atoms with Crippen LogP contribution in [0, 0.1) is 0 Å². The molecule has 6 nitrogen and oxygen atoms in total. The smallest absolute Gasteiger partial charge is 0.355 e. The molecule has 1 aliphatic rings. The highest BCUT2D eigenvalue weighted by Gasteiger charge is 2.41. The Bertz CT molecular complexity index is 1340. The van der Waals surface area contributed by atoms with E-state index in [-0.39, 0.29) is 12.5 Å². The van der Waals surface area contributed by atoms with Gasteiger partial charge in [0.05, 0.1) is 19.8 Å². The summed E-state index contributed by atoms with van der Waals surface area (Å²) >= 11 is 0. The molecule has 0 aliphatic carbocycles. The minimum Gasteiger partial charge on any atom is -0.497 e. The monoisotopic (exact) mass is 440 g/mol. The largest absolute Gasteiger partial charge is 0.497 e. The number of hydrogen-bond donors (Lipinski definition) is 1. The summed E-state index contributed by atoms with van der Waals surface area (Å²) in [6.45, 7) is 2.44. The second kappa shape index (κ2) is 8.47. The summed E-state index contributed by atoms with van der Waals surface area (Å²) in [4.78, 5) is 31.6. The van der Waals surface area contributed by atoms with Gasteiger partial charge in [-0.15, -0.1) is 0 Å². The summed E-state index contributed by atoms with van der Waals surface area (Å²) in [5.41, 5.74) is 4.47. The highest BCUT2D eigenvalue weighted by atomic mass is 16.5. The SMILES string of the molecule is CCOC(=O)c1[nH]c2ccccc2c1C1c2ccccc2C(=O)N1Cc1ccc(OC)cc1. The van der Waals surface area contributed by atoms with Gasteiger partial charge in [-0.05, 0) is 42.3 Å². The number of carbonyl (C=O) groups excluding carboxylic acids is 2. The Morgan fingerprint density at radius 3 is 2.48 bits per heavy atom. The number of fused-ring (bicyclic) bond motifs is 2. The minimum absolute atomic E-state index is 0.0634. The highest BCUT2D eigenvalue weighted by Crippen LogP contribution is 2.43. The zero-order valence-electron chi connectivity index (χ0n) is 18.5. The second-order valence-corrected chi connectivity index (χ2v) is 7.95. The number of para-hydroxylation sites is 1. The van der Waals surface area contributed by atoms with Gasteiger partial charge in [-0.2, -0.15) is 0 Å². The van der Waals surface area contributed by atoms with Gasteiger partial charge in [0.1, 0.15) is 11.4 Å². The fourth-order valence-corrected chi connectivity index (χ4v) is 4.58. The third kappa shape index (κ3) is 3.53. The van der Waals surface area contributed by atoms with Crippen molar-refractivity contribution in [3.05, 3.63) is 101 Å². The molecule has 2 heterocycles. The molecule has 3 aromatic carbocycles. The third-order valence-electron chi connectivity index (χ3n) is 6.07. The number of carbonyl (C=O) groups is 2. The molecular formula is C27H24N2O4. The van der Waals surface area contributed by atoms with Crippen molar-refractivity contribution in [2.75, 3.05) is 13.7 Å². The van der Waals surface area contributed by atoms with Gasteiger partial charge < -0.3 is 19.4 Å². The Hall–Kier alpha value is -4.06. The summed E-state index contributed by atoms with van der Waals surface area (Å²) in [7, 11) is 1.62. The Kier molecular flexibility index (Phi) is 5.34. The van der Waals surface area contributed by atoms with Gasteiger partial charge in [0.25, 0.3) is 5.91 Å². The predicted molar refractivity (Wildman–Crippen MR) is 125 cm³/mol. The van der Waals surface area contributed by atoms with E-state index in [1.54, 1.807) is 14.0 Å². The van der Waals surface area contributed by atoms with Crippen molar-refractivity contribution < 1.29 is 19.1 Å². The zero-order valence-corrected chi connectivity index (χ0v) is 18.5. The molecule has 0 saturated carbocycles. The lowest BCUT2D eigenvalue weighted by Crippen LogP contribution is -2.29. The first-order valence-electron chi connectivity index (χ1n) is 10.9. The molecule has 1 amide bonds. The van der Waals surface area contributed by atoms with Crippen molar-refractivity contribution >= 4 is 22.8 Å². The van der Waals surface area contributed by atoms with E-state index < -0.39 is 12.0 Å². The maximum Gasteiger partial charge on any atom is 0.355 e. The van der Waals surface area contributed by atoms with Crippen molar-refractivity contribution in [2.45, 2.75) is 19.5 Å². The van der Waals surface area contributed by atoms with Crippen molar-refractivity contribution in [2.24, 2.45) is 0 Å². The van der Waals surface area contributed by atoms with Crippen LogP contribution < -0.4 is 4.74 Å². The lowest BCUT2D eigenvalue weighted by Gasteiger charge is -2.26. The quantitative estimate of drug-likeness (QED) is 0.424. The molecule has 1 aliphatic heterocycles. The minimum atomic E-state index is -0.426. The fraction of sp³-hybridized carbons (Fsp3) is 0.185.